The molecule has 1 rings (SSSR count). The van der Waals surface area contributed by atoms with Crippen molar-refractivity contribution in [1.29, 1.82) is 0 Å². The highest BCUT2D eigenvalue weighted by Gasteiger charge is 2.17. The van der Waals surface area contributed by atoms with Crippen molar-refractivity contribution in [2.75, 3.05) is 36.9 Å². The molecule has 0 spiro atoms. The third-order valence-corrected chi connectivity index (χ3v) is 3.10. The molecular weight excluding hydrogens is 268 g/mol. The molecule has 0 aliphatic carbocycles. The number of hydrogen-bond acceptors (Lipinski definition) is 6. The van der Waals surface area contributed by atoms with Crippen molar-refractivity contribution in [2.24, 2.45) is 5.41 Å². The molecular formula is C15H28N4O2. The van der Waals surface area contributed by atoms with E-state index in [1.54, 1.807) is 0 Å². The molecule has 1 aromatic heterocycles. The summed E-state index contributed by atoms with van der Waals surface area (Å²) >= 11 is 0. The molecule has 0 aliphatic rings. The fourth-order valence-corrected chi connectivity index (χ4v) is 1.84. The van der Waals surface area contributed by atoms with E-state index < -0.39 is 0 Å². The number of hydrogen-bond donors (Lipinski definition) is 3. The molecule has 0 atom stereocenters. The molecule has 0 amide bonds. The summed E-state index contributed by atoms with van der Waals surface area (Å²) in [6.45, 7) is 11.0. The summed E-state index contributed by atoms with van der Waals surface area (Å²) in [5.41, 5.74) is 0.0120. The predicted molar refractivity (Wildman–Crippen MR) is 85.5 cm³/mol. The summed E-state index contributed by atoms with van der Waals surface area (Å²) in [5, 5.41) is 15.6. The van der Waals surface area contributed by atoms with E-state index in [0.29, 0.717) is 19.0 Å². The molecule has 1 aromatic rings. The number of aromatic nitrogens is 2. The van der Waals surface area contributed by atoms with E-state index in [1.807, 2.05) is 19.9 Å². The Labute approximate surface area is 127 Å². The van der Waals surface area contributed by atoms with Gasteiger partial charge in [0.25, 0.3) is 0 Å². The lowest BCUT2D eigenvalue weighted by atomic mass is 9.90. The Kier molecular flexibility index (Phi) is 7.39. The number of ether oxygens (including phenoxy) is 1. The Bertz CT molecular complexity index is 424. The molecule has 3 N–H and O–H groups in total. The highest BCUT2D eigenvalue weighted by Crippen LogP contribution is 2.21. The Morgan fingerprint density at radius 2 is 1.86 bits per heavy atom. The van der Waals surface area contributed by atoms with Gasteiger partial charge in [0.05, 0.1) is 0 Å². The molecule has 1 heterocycles. The van der Waals surface area contributed by atoms with Gasteiger partial charge in [-0.3, -0.25) is 0 Å². The van der Waals surface area contributed by atoms with E-state index in [-0.39, 0.29) is 12.0 Å². The van der Waals surface area contributed by atoms with Gasteiger partial charge < -0.3 is 20.5 Å². The van der Waals surface area contributed by atoms with Crippen LogP contribution in [-0.2, 0) is 11.3 Å². The van der Waals surface area contributed by atoms with E-state index in [9.17, 15) is 0 Å². The second-order valence-corrected chi connectivity index (χ2v) is 5.71. The van der Waals surface area contributed by atoms with Crippen molar-refractivity contribution in [3.63, 3.8) is 0 Å². The third-order valence-electron chi connectivity index (χ3n) is 3.10. The quantitative estimate of drug-likeness (QED) is 0.614. The third kappa shape index (κ3) is 6.73. The van der Waals surface area contributed by atoms with Crippen LogP contribution in [0.4, 0.5) is 11.6 Å². The zero-order valence-corrected chi connectivity index (χ0v) is 13.6. The van der Waals surface area contributed by atoms with Crippen LogP contribution in [0.25, 0.3) is 0 Å². The summed E-state index contributed by atoms with van der Waals surface area (Å²) in [5.74, 6) is 2.24. The lowest BCUT2D eigenvalue weighted by molar-refractivity contribution is 0.128. The summed E-state index contributed by atoms with van der Waals surface area (Å²) in [7, 11) is 0. The average molecular weight is 296 g/mol. The number of anilines is 2. The van der Waals surface area contributed by atoms with Gasteiger partial charge in [-0.15, -0.1) is 0 Å². The van der Waals surface area contributed by atoms with Crippen LogP contribution in [0.5, 0.6) is 0 Å². The van der Waals surface area contributed by atoms with Gasteiger partial charge in [0.15, 0.2) is 5.82 Å². The highest BCUT2D eigenvalue weighted by molar-refractivity contribution is 5.47. The van der Waals surface area contributed by atoms with Crippen LogP contribution in [0.15, 0.2) is 6.07 Å². The lowest BCUT2D eigenvalue weighted by Crippen LogP contribution is -2.25. The SMILES string of the molecule is CCNc1cc(NCC(C)(C)CCO)nc(COCC)n1. The van der Waals surface area contributed by atoms with Crippen molar-refractivity contribution in [1.82, 2.24) is 9.97 Å². The van der Waals surface area contributed by atoms with Crippen LogP contribution < -0.4 is 10.6 Å². The molecule has 21 heavy (non-hydrogen) atoms. The van der Waals surface area contributed by atoms with E-state index >= 15 is 0 Å². The molecule has 0 radical (unpaired) electrons. The summed E-state index contributed by atoms with van der Waals surface area (Å²) in [4.78, 5) is 8.88. The maximum absolute atomic E-state index is 9.07. The van der Waals surface area contributed by atoms with E-state index in [4.69, 9.17) is 9.84 Å². The maximum atomic E-state index is 9.07. The van der Waals surface area contributed by atoms with Crippen molar-refractivity contribution < 1.29 is 9.84 Å². The second-order valence-electron chi connectivity index (χ2n) is 5.71. The minimum Gasteiger partial charge on any atom is -0.396 e. The Morgan fingerprint density at radius 3 is 2.43 bits per heavy atom. The first-order chi connectivity index (χ1) is 10.0. The second kappa shape index (κ2) is 8.79. The van der Waals surface area contributed by atoms with Gasteiger partial charge in [-0.25, -0.2) is 9.97 Å². The van der Waals surface area contributed by atoms with Crippen LogP contribution in [0, 0.1) is 5.41 Å². The first kappa shape index (κ1) is 17.7. The number of nitrogens with zero attached hydrogens (tertiary/aromatic N) is 2. The van der Waals surface area contributed by atoms with E-state index in [1.165, 1.54) is 0 Å². The van der Waals surface area contributed by atoms with Gasteiger partial charge >= 0.3 is 0 Å². The van der Waals surface area contributed by atoms with Crippen molar-refractivity contribution in [2.45, 2.75) is 40.7 Å². The number of aliphatic hydroxyl groups excluding tert-OH is 1. The summed E-state index contributed by atoms with van der Waals surface area (Å²) in [6.07, 6.45) is 0.747. The van der Waals surface area contributed by atoms with Gasteiger partial charge in [0.1, 0.15) is 18.2 Å². The van der Waals surface area contributed by atoms with Gasteiger partial charge in [-0.05, 0) is 25.7 Å². The van der Waals surface area contributed by atoms with Crippen LogP contribution in [0.1, 0.15) is 39.9 Å². The van der Waals surface area contributed by atoms with Gasteiger partial charge in [0, 0.05) is 32.4 Å². The summed E-state index contributed by atoms with van der Waals surface area (Å²) in [6, 6.07) is 1.90. The van der Waals surface area contributed by atoms with Crippen LogP contribution in [0.3, 0.4) is 0 Å². The lowest BCUT2D eigenvalue weighted by Gasteiger charge is -2.24. The van der Waals surface area contributed by atoms with Crippen LogP contribution >= 0.6 is 0 Å². The normalized spacial score (nSPS) is 11.5. The standard InChI is InChI=1S/C15H28N4O2/c1-5-16-12-9-13(17-11-15(3,4)7-8-20)19-14(18-12)10-21-6-2/h9,20H,5-8,10-11H2,1-4H3,(H2,16,17,18,19). The zero-order chi connectivity index (χ0) is 15.7. The number of aliphatic hydroxyl groups is 1. The van der Waals surface area contributed by atoms with Gasteiger partial charge in [-0.1, -0.05) is 13.8 Å². The molecule has 0 saturated carbocycles. The number of rotatable bonds is 10. The predicted octanol–water partition coefficient (Wildman–Crippen LogP) is 2.27. The fraction of sp³-hybridized carbons (Fsp3) is 0.733. The minimum atomic E-state index is 0.0120. The zero-order valence-electron chi connectivity index (χ0n) is 13.6. The molecule has 0 aliphatic heterocycles. The molecule has 0 saturated heterocycles. The number of nitrogens with one attached hydrogen (secondary N) is 2. The monoisotopic (exact) mass is 296 g/mol. The molecule has 0 fully saturated rings. The molecule has 120 valence electrons. The smallest absolute Gasteiger partial charge is 0.158 e. The maximum Gasteiger partial charge on any atom is 0.158 e. The Morgan fingerprint density at radius 1 is 1.19 bits per heavy atom. The van der Waals surface area contributed by atoms with Gasteiger partial charge in [-0.2, -0.15) is 0 Å². The fourth-order valence-electron chi connectivity index (χ4n) is 1.84. The van der Waals surface area contributed by atoms with E-state index in [2.05, 4.69) is 34.4 Å². The highest BCUT2D eigenvalue weighted by atomic mass is 16.5. The van der Waals surface area contributed by atoms with Crippen LogP contribution in [0.2, 0.25) is 0 Å². The molecule has 6 nitrogen and oxygen atoms in total. The first-order valence-electron chi connectivity index (χ1n) is 7.55. The minimum absolute atomic E-state index is 0.0120. The molecule has 6 heteroatoms. The molecule has 0 unspecified atom stereocenters. The molecule has 0 bridgehead atoms. The van der Waals surface area contributed by atoms with Crippen LogP contribution in [-0.4, -0.2) is 41.4 Å². The molecule has 0 aromatic carbocycles. The van der Waals surface area contributed by atoms with Crippen molar-refractivity contribution in [3.8, 4) is 0 Å². The topological polar surface area (TPSA) is 79.3 Å². The largest absolute Gasteiger partial charge is 0.396 e. The first-order valence-corrected chi connectivity index (χ1v) is 7.55. The van der Waals surface area contributed by atoms with Crippen molar-refractivity contribution >= 4 is 11.6 Å². The average Bonchev–Trinajstić information content (AvgIpc) is 2.43. The van der Waals surface area contributed by atoms with E-state index in [0.717, 1.165) is 31.1 Å². The Balaban J connectivity index is 2.77. The Hall–Kier alpha value is -1.40. The summed E-state index contributed by atoms with van der Waals surface area (Å²) < 4.78 is 5.38. The van der Waals surface area contributed by atoms with Crippen molar-refractivity contribution in [3.05, 3.63) is 11.9 Å². The van der Waals surface area contributed by atoms with Gasteiger partial charge in [0.2, 0.25) is 0 Å².